The average Bonchev–Trinajstić information content (AvgIpc) is 2.42. The smallest absolute Gasteiger partial charge is 0.176 e. The minimum Gasteiger partial charge on any atom is -0.494 e. The van der Waals surface area contributed by atoms with Gasteiger partial charge >= 0.3 is 0 Å². The molecule has 0 spiro atoms. The Bertz CT molecular complexity index is 416. The summed E-state index contributed by atoms with van der Waals surface area (Å²) in [5.41, 5.74) is 0.738. The van der Waals surface area contributed by atoms with E-state index in [0.717, 1.165) is 17.9 Å². The Labute approximate surface area is 114 Å². The van der Waals surface area contributed by atoms with Crippen molar-refractivity contribution in [3.8, 4) is 5.75 Å². The number of carbonyl (C=O) groups excluding carboxylic acids is 1. The van der Waals surface area contributed by atoms with Crippen LogP contribution in [-0.2, 0) is 4.74 Å². The van der Waals surface area contributed by atoms with Gasteiger partial charge in [-0.15, -0.1) is 0 Å². The zero-order chi connectivity index (χ0) is 13.7. The predicted octanol–water partition coefficient (Wildman–Crippen LogP) is 1.99. The van der Waals surface area contributed by atoms with Crippen LogP contribution in [0.25, 0.3) is 0 Å². The van der Waals surface area contributed by atoms with E-state index >= 15 is 0 Å². The molecule has 104 valence electrons. The molecule has 0 aromatic heterocycles. The number of hydrogen-bond acceptors (Lipinski definition) is 4. The van der Waals surface area contributed by atoms with Crippen molar-refractivity contribution in [1.82, 2.24) is 4.90 Å². The van der Waals surface area contributed by atoms with Crippen molar-refractivity contribution in [2.75, 3.05) is 32.9 Å². The second kappa shape index (κ2) is 6.68. The highest BCUT2D eigenvalue weighted by Crippen LogP contribution is 2.14. The molecule has 0 amide bonds. The first-order chi connectivity index (χ1) is 9.20. The van der Waals surface area contributed by atoms with E-state index in [1.165, 1.54) is 0 Å². The lowest BCUT2D eigenvalue weighted by molar-refractivity contribution is 0.00201. The molecule has 19 heavy (non-hydrogen) atoms. The molecule has 0 bridgehead atoms. The number of benzene rings is 1. The standard InChI is InChI=1S/C15H21NO3/c1-3-19-14-6-4-13(5-7-14)15(17)10-16-8-9-18-11-12(16)2/h4-7,12H,3,8-11H2,1-2H3. The van der Waals surface area contributed by atoms with Crippen LogP contribution < -0.4 is 4.74 Å². The van der Waals surface area contributed by atoms with Gasteiger partial charge in [0.05, 0.1) is 26.4 Å². The van der Waals surface area contributed by atoms with Gasteiger partial charge in [0, 0.05) is 18.2 Å². The lowest BCUT2D eigenvalue weighted by Crippen LogP contribution is -2.45. The zero-order valence-electron chi connectivity index (χ0n) is 11.6. The van der Waals surface area contributed by atoms with Crippen LogP contribution in [0, 0.1) is 0 Å². The van der Waals surface area contributed by atoms with Crippen LogP contribution in [0.1, 0.15) is 24.2 Å². The molecule has 1 saturated heterocycles. The summed E-state index contributed by atoms with van der Waals surface area (Å²) in [5.74, 6) is 0.954. The lowest BCUT2D eigenvalue weighted by Gasteiger charge is -2.32. The third-order valence-electron chi connectivity index (χ3n) is 3.34. The largest absolute Gasteiger partial charge is 0.494 e. The Morgan fingerprint density at radius 2 is 2.16 bits per heavy atom. The van der Waals surface area contributed by atoms with E-state index in [1.807, 2.05) is 31.2 Å². The Morgan fingerprint density at radius 3 is 2.79 bits per heavy atom. The van der Waals surface area contributed by atoms with Gasteiger partial charge in [0.15, 0.2) is 5.78 Å². The SMILES string of the molecule is CCOc1ccc(C(=O)CN2CCOCC2C)cc1. The minimum atomic E-state index is 0.150. The molecular weight excluding hydrogens is 242 g/mol. The van der Waals surface area contributed by atoms with Gasteiger partial charge in [-0.25, -0.2) is 0 Å². The van der Waals surface area contributed by atoms with Crippen molar-refractivity contribution in [1.29, 1.82) is 0 Å². The van der Waals surface area contributed by atoms with E-state index < -0.39 is 0 Å². The van der Waals surface area contributed by atoms with Crippen LogP contribution in [0.2, 0.25) is 0 Å². The molecule has 1 aromatic carbocycles. The molecule has 2 rings (SSSR count). The number of nitrogens with zero attached hydrogens (tertiary/aromatic N) is 1. The van der Waals surface area contributed by atoms with E-state index in [9.17, 15) is 4.79 Å². The van der Waals surface area contributed by atoms with Crippen LogP contribution in [0.4, 0.5) is 0 Å². The molecule has 1 unspecified atom stereocenters. The first-order valence-electron chi connectivity index (χ1n) is 6.78. The molecule has 1 heterocycles. The van der Waals surface area contributed by atoms with Crippen LogP contribution in [0.5, 0.6) is 5.75 Å². The third-order valence-corrected chi connectivity index (χ3v) is 3.34. The molecule has 0 radical (unpaired) electrons. The van der Waals surface area contributed by atoms with Gasteiger partial charge in [-0.2, -0.15) is 0 Å². The number of ketones is 1. The number of carbonyl (C=O) groups is 1. The third kappa shape index (κ3) is 3.78. The summed E-state index contributed by atoms with van der Waals surface area (Å²) >= 11 is 0. The molecule has 0 N–H and O–H groups in total. The van der Waals surface area contributed by atoms with Gasteiger partial charge < -0.3 is 9.47 Å². The number of ether oxygens (including phenoxy) is 2. The van der Waals surface area contributed by atoms with E-state index in [2.05, 4.69) is 11.8 Å². The van der Waals surface area contributed by atoms with Gasteiger partial charge in [0.1, 0.15) is 5.75 Å². The van der Waals surface area contributed by atoms with E-state index in [4.69, 9.17) is 9.47 Å². The lowest BCUT2D eigenvalue weighted by atomic mass is 10.1. The summed E-state index contributed by atoms with van der Waals surface area (Å²) in [6.45, 7) is 7.36. The van der Waals surface area contributed by atoms with Crippen molar-refractivity contribution in [3.05, 3.63) is 29.8 Å². The van der Waals surface area contributed by atoms with Crippen molar-refractivity contribution in [3.63, 3.8) is 0 Å². The van der Waals surface area contributed by atoms with Gasteiger partial charge in [0.2, 0.25) is 0 Å². The molecule has 4 nitrogen and oxygen atoms in total. The summed E-state index contributed by atoms with van der Waals surface area (Å²) in [4.78, 5) is 14.4. The fraction of sp³-hybridized carbons (Fsp3) is 0.533. The Morgan fingerprint density at radius 1 is 1.42 bits per heavy atom. The summed E-state index contributed by atoms with van der Waals surface area (Å²) in [5, 5.41) is 0. The van der Waals surface area contributed by atoms with Crippen molar-refractivity contribution in [2.45, 2.75) is 19.9 Å². The van der Waals surface area contributed by atoms with E-state index in [-0.39, 0.29) is 5.78 Å². The van der Waals surface area contributed by atoms with Crippen LogP contribution in [0.3, 0.4) is 0 Å². The Hall–Kier alpha value is -1.39. The first-order valence-corrected chi connectivity index (χ1v) is 6.78. The highest BCUT2D eigenvalue weighted by Gasteiger charge is 2.21. The van der Waals surface area contributed by atoms with Gasteiger partial charge in [-0.3, -0.25) is 9.69 Å². The van der Waals surface area contributed by atoms with Gasteiger partial charge in [0.25, 0.3) is 0 Å². The summed E-state index contributed by atoms with van der Waals surface area (Å²) in [7, 11) is 0. The van der Waals surface area contributed by atoms with Gasteiger partial charge in [-0.05, 0) is 38.1 Å². The zero-order valence-corrected chi connectivity index (χ0v) is 11.6. The molecule has 1 atom stereocenters. The quantitative estimate of drug-likeness (QED) is 0.762. The first kappa shape index (κ1) is 14.0. The Balaban J connectivity index is 1.95. The fourth-order valence-electron chi connectivity index (χ4n) is 2.18. The topological polar surface area (TPSA) is 38.8 Å². The number of Topliss-reactive ketones (excluding diaryl/α,β-unsaturated/α-hetero) is 1. The number of morpholine rings is 1. The molecule has 1 fully saturated rings. The fourth-order valence-corrected chi connectivity index (χ4v) is 2.18. The summed E-state index contributed by atoms with van der Waals surface area (Å²) in [6, 6.07) is 7.66. The highest BCUT2D eigenvalue weighted by atomic mass is 16.5. The molecule has 0 saturated carbocycles. The van der Waals surface area contributed by atoms with Crippen LogP contribution in [-0.4, -0.2) is 49.6 Å². The number of rotatable bonds is 5. The van der Waals surface area contributed by atoms with Crippen molar-refractivity contribution < 1.29 is 14.3 Å². The molecule has 1 aliphatic rings. The highest BCUT2D eigenvalue weighted by molar-refractivity contribution is 5.97. The maximum atomic E-state index is 12.2. The second-order valence-electron chi connectivity index (χ2n) is 4.77. The molecule has 1 aromatic rings. The maximum Gasteiger partial charge on any atom is 0.176 e. The normalized spacial score (nSPS) is 20.2. The van der Waals surface area contributed by atoms with E-state index in [1.54, 1.807) is 0 Å². The van der Waals surface area contributed by atoms with Crippen LogP contribution >= 0.6 is 0 Å². The summed E-state index contributed by atoms with van der Waals surface area (Å²) < 4.78 is 10.7. The average molecular weight is 263 g/mol. The molecular formula is C15H21NO3. The van der Waals surface area contributed by atoms with Crippen molar-refractivity contribution in [2.24, 2.45) is 0 Å². The minimum absolute atomic E-state index is 0.150. The van der Waals surface area contributed by atoms with Crippen molar-refractivity contribution >= 4 is 5.78 Å². The second-order valence-corrected chi connectivity index (χ2v) is 4.77. The Kier molecular flexibility index (Phi) is 4.93. The summed E-state index contributed by atoms with van der Waals surface area (Å²) in [6.07, 6.45) is 0. The van der Waals surface area contributed by atoms with Crippen LogP contribution in [0.15, 0.2) is 24.3 Å². The predicted molar refractivity (Wildman–Crippen MR) is 73.8 cm³/mol. The maximum absolute atomic E-state index is 12.2. The van der Waals surface area contributed by atoms with Gasteiger partial charge in [-0.1, -0.05) is 0 Å². The molecule has 1 aliphatic heterocycles. The number of hydrogen-bond donors (Lipinski definition) is 0. The van der Waals surface area contributed by atoms with E-state index in [0.29, 0.717) is 32.4 Å². The molecule has 4 heteroatoms. The molecule has 0 aliphatic carbocycles. The monoisotopic (exact) mass is 263 g/mol.